The Morgan fingerprint density at radius 2 is 1.62 bits per heavy atom. The maximum atomic E-state index is 13.8. The molecule has 3 aromatic rings. The average Bonchev–Trinajstić information content (AvgIpc) is 3.19. The predicted molar refractivity (Wildman–Crippen MR) is 157 cm³/mol. The number of aliphatic hydroxyl groups is 1. The fourth-order valence-electron chi connectivity index (χ4n) is 5.25. The van der Waals surface area contributed by atoms with Gasteiger partial charge < -0.3 is 19.3 Å². The van der Waals surface area contributed by atoms with Crippen LogP contribution in [0.1, 0.15) is 66.1 Å². The number of Topliss-reactive ketones (excluding diaryl/α,β-unsaturated/α-hetero) is 1. The molecule has 0 aliphatic carbocycles. The number of hydrogen-bond donors (Lipinski definition) is 1. The van der Waals surface area contributed by atoms with Crippen molar-refractivity contribution in [3.05, 3.63) is 87.5 Å². The molecule has 0 radical (unpaired) electrons. The van der Waals surface area contributed by atoms with Crippen LogP contribution in [0.25, 0.3) is 5.76 Å². The summed E-state index contributed by atoms with van der Waals surface area (Å²) in [7, 11) is 3.16. The van der Waals surface area contributed by atoms with E-state index in [1.165, 1.54) is 4.90 Å². The molecule has 3 aromatic carbocycles. The Morgan fingerprint density at radius 3 is 2.25 bits per heavy atom. The number of rotatable bonds is 8. The highest BCUT2D eigenvalue weighted by Crippen LogP contribution is 2.46. The maximum Gasteiger partial charge on any atom is 0.300 e. The topological polar surface area (TPSA) is 85.3 Å². The molecule has 1 saturated heterocycles. The summed E-state index contributed by atoms with van der Waals surface area (Å²) in [5, 5.41) is 11.8. The molecule has 40 heavy (non-hydrogen) atoms. The van der Waals surface area contributed by atoms with Gasteiger partial charge >= 0.3 is 0 Å². The standard InChI is InChI=1S/C33H37NO6/c1-9-40-28-16-22(13-14-26(28)38-7)30-29(31(35)24-17-23(18(2)3)27(39-8)15-20(24)5)32(36)33(37)34(30)25-12-10-11-19(4)21(25)6/h10-18,30,35H,9H2,1-8H3/b31-29+. The Kier molecular flexibility index (Phi) is 8.24. The van der Waals surface area contributed by atoms with Gasteiger partial charge in [-0.1, -0.05) is 32.0 Å². The van der Waals surface area contributed by atoms with Gasteiger partial charge in [-0.15, -0.1) is 0 Å². The number of ether oxygens (including phenoxy) is 3. The first-order chi connectivity index (χ1) is 19.0. The first-order valence-corrected chi connectivity index (χ1v) is 13.4. The maximum absolute atomic E-state index is 13.8. The van der Waals surface area contributed by atoms with Crippen molar-refractivity contribution in [1.82, 2.24) is 0 Å². The number of benzene rings is 3. The van der Waals surface area contributed by atoms with E-state index in [2.05, 4.69) is 0 Å². The number of carbonyl (C=O) groups excluding carboxylic acids is 2. The Hall–Kier alpha value is -4.26. The molecule has 7 heteroatoms. The highest BCUT2D eigenvalue weighted by atomic mass is 16.5. The van der Waals surface area contributed by atoms with E-state index < -0.39 is 17.7 Å². The molecular formula is C33H37NO6. The Labute approximate surface area is 236 Å². The van der Waals surface area contributed by atoms with Crippen molar-refractivity contribution in [3.8, 4) is 17.2 Å². The Bertz CT molecular complexity index is 1500. The van der Waals surface area contributed by atoms with Crippen molar-refractivity contribution in [2.75, 3.05) is 25.7 Å². The largest absolute Gasteiger partial charge is 0.507 e. The fourth-order valence-corrected chi connectivity index (χ4v) is 5.25. The molecule has 1 atom stereocenters. The van der Waals surface area contributed by atoms with Crippen LogP contribution in [0.2, 0.25) is 0 Å². The van der Waals surface area contributed by atoms with Crippen LogP contribution in [0.4, 0.5) is 5.69 Å². The van der Waals surface area contributed by atoms with Crippen molar-refractivity contribution >= 4 is 23.1 Å². The van der Waals surface area contributed by atoms with Gasteiger partial charge in [0.2, 0.25) is 0 Å². The number of aliphatic hydroxyl groups excluding tert-OH is 1. The molecule has 1 fully saturated rings. The summed E-state index contributed by atoms with van der Waals surface area (Å²) < 4.78 is 16.9. The van der Waals surface area contributed by atoms with Gasteiger partial charge in [0.15, 0.2) is 11.5 Å². The van der Waals surface area contributed by atoms with E-state index in [9.17, 15) is 14.7 Å². The lowest BCUT2D eigenvalue weighted by Crippen LogP contribution is -2.30. The minimum Gasteiger partial charge on any atom is -0.507 e. The average molecular weight is 544 g/mol. The smallest absolute Gasteiger partial charge is 0.300 e. The number of anilines is 1. The van der Waals surface area contributed by atoms with Crippen molar-refractivity contribution < 1.29 is 28.9 Å². The molecule has 1 aliphatic heterocycles. The second kappa shape index (κ2) is 11.5. The van der Waals surface area contributed by atoms with Crippen molar-refractivity contribution in [2.24, 2.45) is 0 Å². The zero-order valence-corrected chi connectivity index (χ0v) is 24.4. The van der Waals surface area contributed by atoms with E-state index in [1.807, 2.05) is 71.9 Å². The minimum absolute atomic E-state index is 0.0153. The molecule has 0 saturated carbocycles. The number of aryl methyl sites for hydroxylation is 2. The predicted octanol–water partition coefficient (Wildman–Crippen LogP) is 6.78. The first kappa shape index (κ1) is 28.7. The quantitative estimate of drug-likeness (QED) is 0.192. The van der Waals surface area contributed by atoms with Crippen LogP contribution in [0.15, 0.2) is 54.1 Å². The van der Waals surface area contributed by atoms with Crippen LogP contribution in [-0.4, -0.2) is 37.6 Å². The molecule has 1 N–H and O–H groups in total. The van der Waals surface area contributed by atoms with Gasteiger partial charge in [-0.05, 0) is 91.8 Å². The molecule has 0 aromatic heterocycles. The molecule has 4 rings (SSSR count). The Balaban J connectivity index is 2.04. The molecule has 210 valence electrons. The normalized spacial score (nSPS) is 16.5. The summed E-state index contributed by atoms with van der Waals surface area (Å²) in [5.74, 6) is 0.131. The molecule has 1 aliphatic rings. The third kappa shape index (κ3) is 4.92. The Morgan fingerprint density at radius 1 is 0.925 bits per heavy atom. The zero-order valence-electron chi connectivity index (χ0n) is 24.4. The van der Waals surface area contributed by atoms with Crippen LogP contribution < -0.4 is 19.1 Å². The van der Waals surface area contributed by atoms with Crippen molar-refractivity contribution in [3.63, 3.8) is 0 Å². The van der Waals surface area contributed by atoms with Gasteiger partial charge in [-0.25, -0.2) is 0 Å². The van der Waals surface area contributed by atoms with E-state index in [1.54, 1.807) is 32.4 Å². The highest BCUT2D eigenvalue weighted by Gasteiger charge is 2.47. The van der Waals surface area contributed by atoms with Gasteiger partial charge in [0.25, 0.3) is 11.7 Å². The van der Waals surface area contributed by atoms with Crippen molar-refractivity contribution in [2.45, 2.75) is 53.5 Å². The van der Waals surface area contributed by atoms with Crippen molar-refractivity contribution in [1.29, 1.82) is 0 Å². The monoisotopic (exact) mass is 543 g/mol. The van der Waals surface area contributed by atoms with Crippen LogP contribution in [0, 0.1) is 20.8 Å². The van der Waals surface area contributed by atoms with Gasteiger partial charge in [0, 0.05) is 11.3 Å². The summed E-state index contributed by atoms with van der Waals surface area (Å²) in [6.45, 7) is 12.1. The zero-order chi connectivity index (χ0) is 29.3. The molecule has 1 amide bonds. The van der Waals surface area contributed by atoms with Crippen LogP contribution in [0.3, 0.4) is 0 Å². The van der Waals surface area contributed by atoms with Gasteiger partial charge in [0.05, 0.1) is 32.4 Å². The summed E-state index contributed by atoms with van der Waals surface area (Å²) in [6.07, 6.45) is 0. The van der Waals surface area contributed by atoms with Crippen LogP contribution in [0.5, 0.6) is 17.2 Å². The van der Waals surface area contributed by atoms with E-state index in [4.69, 9.17) is 14.2 Å². The number of ketones is 1. The van der Waals surface area contributed by atoms with E-state index in [0.717, 1.165) is 22.3 Å². The summed E-state index contributed by atoms with van der Waals surface area (Å²) in [5.41, 5.74) is 5.17. The summed E-state index contributed by atoms with van der Waals surface area (Å²) in [4.78, 5) is 29.0. The number of carbonyl (C=O) groups is 2. The van der Waals surface area contributed by atoms with E-state index >= 15 is 0 Å². The van der Waals surface area contributed by atoms with Crippen LogP contribution in [-0.2, 0) is 9.59 Å². The van der Waals surface area contributed by atoms with Crippen LogP contribution >= 0.6 is 0 Å². The second-order valence-electron chi connectivity index (χ2n) is 10.3. The SMILES string of the molecule is CCOc1cc(C2/C(=C(\O)c3cc(C(C)C)c(OC)cc3C)C(=O)C(=O)N2c2cccc(C)c2C)ccc1OC. The lowest BCUT2D eigenvalue weighted by molar-refractivity contribution is -0.132. The number of hydrogen-bond acceptors (Lipinski definition) is 6. The molecule has 1 unspecified atom stereocenters. The van der Waals surface area contributed by atoms with Gasteiger partial charge in [-0.2, -0.15) is 0 Å². The number of nitrogens with zero attached hydrogens (tertiary/aromatic N) is 1. The first-order valence-electron chi connectivity index (χ1n) is 13.4. The van der Waals surface area contributed by atoms with Gasteiger partial charge in [0.1, 0.15) is 11.5 Å². The van der Waals surface area contributed by atoms with Gasteiger partial charge in [-0.3, -0.25) is 14.5 Å². The summed E-state index contributed by atoms with van der Waals surface area (Å²) in [6, 6.07) is 13.7. The summed E-state index contributed by atoms with van der Waals surface area (Å²) >= 11 is 0. The third-order valence-electron chi connectivity index (χ3n) is 7.54. The third-order valence-corrected chi connectivity index (χ3v) is 7.54. The lowest BCUT2D eigenvalue weighted by Gasteiger charge is -2.28. The molecule has 1 heterocycles. The second-order valence-corrected chi connectivity index (χ2v) is 10.3. The number of amides is 1. The van der Waals surface area contributed by atoms with E-state index in [0.29, 0.717) is 40.7 Å². The molecule has 7 nitrogen and oxygen atoms in total. The molecular weight excluding hydrogens is 506 g/mol. The minimum atomic E-state index is -0.894. The molecule has 0 bridgehead atoms. The van der Waals surface area contributed by atoms with E-state index in [-0.39, 0.29) is 17.3 Å². The fraction of sp³-hybridized carbons (Fsp3) is 0.333. The lowest BCUT2D eigenvalue weighted by atomic mass is 9.90. The number of methoxy groups -OCH3 is 2. The highest BCUT2D eigenvalue weighted by molar-refractivity contribution is 6.51. The molecule has 0 spiro atoms.